The highest BCUT2D eigenvalue weighted by molar-refractivity contribution is 5.86. The van der Waals surface area contributed by atoms with Crippen LogP contribution in [0.3, 0.4) is 0 Å². The van der Waals surface area contributed by atoms with E-state index in [1.807, 2.05) is 36.4 Å². The lowest BCUT2D eigenvalue weighted by Crippen LogP contribution is -2.47. The van der Waals surface area contributed by atoms with E-state index >= 15 is 0 Å². The molecular weight excluding hydrogens is 444 g/mol. The zero-order chi connectivity index (χ0) is 25.0. The third-order valence-corrected chi connectivity index (χ3v) is 6.14. The molecule has 0 heterocycles. The van der Waals surface area contributed by atoms with Gasteiger partial charge in [-0.15, -0.1) is 12.3 Å². The smallest absolute Gasteiger partial charge is 0.407 e. The third kappa shape index (κ3) is 7.35. The van der Waals surface area contributed by atoms with Crippen molar-refractivity contribution >= 4 is 18.0 Å². The lowest BCUT2D eigenvalue weighted by atomic mass is 9.98. The first-order chi connectivity index (χ1) is 17.0. The minimum Gasteiger partial charge on any atom is -0.481 e. The highest BCUT2D eigenvalue weighted by Crippen LogP contribution is 2.44. The second kappa shape index (κ2) is 13.2. The monoisotopic (exact) mass is 476 g/mol. The molecule has 3 rings (SSSR count). The quantitative estimate of drug-likeness (QED) is 0.292. The number of rotatable bonds is 13. The van der Waals surface area contributed by atoms with Crippen molar-refractivity contribution in [1.82, 2.24) is 10.6 Å². The number of benzene rings is 2. The normalized spacial score (nSPS) is 12.7. The largest absolute Gasteiger partial charge is 0.481 e. The number of hydrogen-bond donors (Lipinski definition) is 3. The predicted molar refractivity (Wildman–Crippen MR) is 134 cm³/mol. The molecule has 1 atom stereocenters. The first kappa shape index (κ1) is 25.8. The predicted octanol–water partition coefficient (Wildman–Crippen LogP) is 4.46. The molecule has 0 aliphatic heterocycles. The van der Waals surface area contributed by atoms with Crippen LogP contribution in [-0.2, 0) is 14.3 Å². The summed E-state index contributed by atoms with van der Waals surface area (Å²) in [5.74, 6) is 1.24. The Bertz CT molecular complexity index is 1030. The van der Waals surface area contributed by atoms with Crippen LogP contribution < -0.4 is 10.6 Å². The topological polar surface area (TPSA) is 105 Å². The Balaban J connectivity index is 1.44. The van der Waals surface area contributed by atoms with Crippen molar-refractivity contribution in [2.75, 3.05) is 13.2 Å². The molecule has 3 N–H and O–H groups in total. The SMILES string of the molecule is C#CCC(NC(=O)OCC1c2ccccc2-c2ccccc21)C(=O)NCCCCCCCC(=O)O. The van der Waals surface area contributed by atoms with Crippen molar-refractivity contribution in [1.29, 1.82) is 0 Å². The van der Waals surface area contributed by atoms with E-state index in [-0.39, 0.29) is 31.3 Å². The molecule has 35 heavy (non-hydrogen) atoms. The summed E-state index contributed by atoms with van der Waals surface area (Å²) in [7, 11) is 0. The van der Waals surface area contributed by atoms with Crippen molar-refractivity contribution in [3.05, 3.63) is 59.7 Å². The van der Waals surface area contributed by atoms with Gasteiger partial charge in [0.2, 0.25) is 5.91 Å². The van der Waals surface area contributed by atoms with Crippen LogP contribution in [0, 0.1) is 12.3 Å². The Hall–Kier alpha value is -3.79. The van der Waals surface area contributed by atoms with Gasteiger partial charge in [-0.05, 0) is 35.1 Å². The zero-order valence-electron chi connectivity index (χ0n) is 19.8. The van der Waals surface area contributed by atoms with Gasteiger partial charge in [0.15, 0.2) is 0 Å². The number of carboxylic acids is 1. The van der Waals surface area contributed by atoms with Crippen LogP contribution in [0.2, 0.25) is 0 Å². The number of hydrogen-bond acceptors (Lipinski definition) is 4. The number of terminal acetylenes is 1. The summed E-state index contributed by atoms with van der Waals surface area (Å²) in [6, 6.07) is 15.3. The molecule has 184 valence electrons. The first-order valence-corrected chi connectivity index (χ1v) is 12.1. The van der Waals surface area contributed by atoms with Crippen LogP contribution >= 0.6 is 0 Å². The molecule has 7 nitrogen and oxygen atoms in total. The van der Waals surface area contributed by atoms with Gasteiger partial charge in [0.1, 0.15) is 12.6 Å². The van der Waals surface area contributed by atoms with Crippen molar-refractivity contribution in [2.24, 2.45) is 0 Å². The van der Waals surface area contributed by atoms with Gasteiger partial charge in [0.25, 0.3) is 0 Å². The summed E-state index contributed by atoms with van der Waals surface area (Å²) in [6.07, 6.45) is 9.05. The highest BCUT2D eigenvalue weighted by Gasteiger charge is 2.29. The number of ether oxygens (including phenoxy) is 1. The maximum atomic E-state index is 12.5. The summed E-state index contributed by atoms with van der Waals surface area (Å²) in [5.41, 5.74) is 4.51. The fourth-order valence-corrected chi connectivity index (χ4v) is 4.38. The van der Waals surface area contributed by atoms with E-state index in [1.54, 1.807) is 0 Å². The maximum Gasteiger partial charge on any atom is 0.407 e. The summed E-state index contributed by atoms with van der Waals surface area (Å²) >= 11 is 0. The van der Waals surface area contributed by atoms with E-state index in [9.17, 15) is 14.4 Å². The van der Waals surface area contributed by atoms with Crippen molar-refractivity contribution in [3.8, 4) is 23.5 Å². The van der Waals surface area contributed by atoms with E-state index in [0.717, 1.165) is 47.9 Å². The second-order valence-corrected chi connectivity index (χ2v) is 8.63. The summed E-state index contributed by atoms with van der Waals surface area (Å²) in [5, 5.41) is 14.0. The molecule has 0 saturated heterocycles. The van der Waals surface area contributed by atoms with Crippen LogP contribution in [0.15, 0.2) is 48.5 Å². The average Bonchev–Trinajstić information content (AvgIpc) is 3.17. The Morgan fingerprint density at radius 3 is 2.17 bits per heavy atom. The molecule has 0 aromatic heterocycles. The summed E-state index contributed by atoms with van der Waals surface area (Å²) < 4.78 is 5.52. The first-order valence-electron chi connectivity index (χ1n) is 12.1. The van der Waals surface area contributed by atoms with Crippen molar-refractivity contribution < 1.29 is 24.2 Å². The van der Waals surface area contributed by atoms with Crippen LogP contribution in [0.4, 0.5) is 4.79 Å². The molecule has 2 amide bonds. The Kier molecular flexibility index (Phi) is 9.73. The summed E-state index contributed by atoms with van der Waals surface area (Å²) in [4.78, 5) is 35.5. The number of fused-ring (bicyclic) bond motifs is 3. The van der Waals surface area contributed by atoms with Gasteiger partial charge in [-0.25, -0.2) is 4.79 Å². The molecule has 2 aromatic rings. The van der Waals surface area contributed by atoms with Crippen LogP contribution in [0.25, 0.3) is 11.1 Å². The number of carbonyl (C=O) groups excluding carboxylic acids is 2. The van der Waals surface area contributed by atoms with E-state index < -0.39 is 18.1 Å². The number of carbonyl (C=O) groups is 3. The fraction of sp³-hybridized carbons (Fsp3) is 0.393. The van der Waals surface area contributed by atoms with E-state index in [2.05, 4.69) is 28.7 Å². The Labute approximate surface area is 206 Å². The average molecular weight is 477 g/mol. The lowest BCUT2D eigenvalue weighted by molar-refractivity contribution is -0.137. The molecule has 0 bridgehead atoms. The molecular formula is C28H32N2O5. The molecule has 0 spiro atoms. The van der Waals surface area contributed by atoms with Gasteiger partial charge in [0, 0.05) is 25.3 Å². The van der Waals surface area contributed by atoms with Gasteiger partial charge < -0.3 is 20.5 Å². The molecule has 2 aromatic carbocycles. The maximum absolute atomic E-state index is 12.5. The molecule has 0 saturated carbocycles. The van der Waals surface area contributed by atoms with Crippen LogP contribution in [-0.4, -0.2) is 42.3 Å². The van der Waals surface area contributed by atoms with Crippen molar-refractivity contribution in [3.63, 3.8) is 0 Å². The van der Waals surface area contributed by atoms with Gasteiger partial charge in [0.05, 0.1) is 0 Å². The summed E-state index contributed by atoms with van der Waals surface area (Å²) in [6.45, 7) is 0.622. The molecule has 0 radical (unpaired) electrons. The fourth-order valence-electron chi connectivity index (χ4n) is 4.38. The zero-order valence-corrected chi connectivity index (χ0v) is 19.8. The van der Waals surface area contributed by atoms with Gasteiger partial charge in [-0.2, -0.15) is 0 Å². The van der Waals surface area contributed by atoms with E-state index in [0.29, 0.717) is 13.0 Å². The van der Waals surface area contributed by atoms with Gasteiger partial charge in [-0.3, -0.25) is 9.59 Å². The van der Waals surface area contributed by atoms with Gasteiger partial charge in [-0.1, -0.05) is 67.8 Å². The molecule has 1 unspecified atom stereocenters. The lowest BCUT2D eigenvalue weighted by Gasteiger charge is -2.18. The number of amides is 2. The highest BCUT2D eigenvalue weighted by atomic mass is 16.5. The molecule has 0 fully saturated rings. The standard InChI is InChI=1S/C28H32N2O5/c1-2-12-25(27(33)29-18-11-5-3-4-6-17-26(31)32)30-28(34)35-19-24-22-15-9-7-13-20(22)21-14-8-10-16-23(21)24/h1,7-10,13-16,24-25H,3-6,11-12,17-19H2,(H,29,33)(H,30,34)(H,31,32). The Morgan fingerprint density at radius 1 is 0.943 bits per heavy atom. The van der Waals surface area contributed by atoms with Crippen molar-refractivity contribution in [2.45, 2.75) is 56.9 Å². The minimum absolute atomic E-state index is 0.0607. The molecule has 7 heteroatoms. The number of nitrogens with one attached hydrogen (secondary N) is 2. The minimum atomic E-state index is -0.869. The molecule has 1 aliphatic rings. The van der Waals surface area contributed by atoms with E-state index in [4.69, 9.17) is 16.3 Å². The van der Waals surface area contributed by atoms with E-state index in [1.165, 1.54) is 0 Å². The number of aliphatic carboxylic acids is 1. The second-order valence-electron chi connectivity index (χ2n) is 8.63. The van der Waals surface area contributed by atoms with Gasteiger partial charge >= 0.3 is 12.1 Å². The number of alkyl carbamates (subject to hydrolysis) is 1. The van der Waals surface area contributed by atoms with Crippen LogP contribution in [0.1, 0.15) is 62.0 Å². The number of unbranched alkanes of at least 4 members (excludes halogenated alkanes) is 4. The Morgan fingerprint density at radius 2 is 1.54 bits per heavy atom. The van der Waals surface area contributed by atoms with Crippen LogP contribution in [0.5, 0.6) is 0 Å². The number of carboxylic acid groups (broad SMARTS) is 1. The third-order valence-electron chi connectivity index (χ3n) is 6.14. The molecule has 1 aliphatic carbocycles.